The monoisotopic (exact) mass is 157 g/mol. The molecular formula is C12H13. The van der Waals surface area contributed by atoms with Crippen LogP contribution in [0.5, 0.6) is 0 Å². The van der Waals surface area contributed by atoms with E-state index in [4.69, 9.17) is 6.42 Å². The van der Waals surface area contributed by atoms with Gasteiger partial charge < -0.3 is 0 Å². The highest BCUT2D eigenvalue weighted by molar-refractivity contribution is 5.22. The lowest BCUT2D eigenvalue weighted by Crippen LogP contribution is -1.84. The molecule has 0 aliphatic rings. The molecule has 12 heavy (non-hydrogen) atoms. The van der Waals surface area contributed by atoms with E-state index in [1.165, 1.54) is 11.1 Å². The Balaban J connectivity index is 2.48. The summed E-state index contributed by atoms with van der Waals surface area (Å²) in [6, 6.07) is 8.52. The van der Waals surface area contributed by atoms with Crippen molar-refractivity contribution < 1.29 is 0 Å². The zero-order valence-electron chi connectivity index (χ0n) is 7.43. The van der Waals surface area contributed by atoms with Crippen LogP contribution in [0.4, 0.5) is 0 Å². The standard InChI is InChI=1S/C12H13/c1-3-4-5-8-12-9-6-7-11(2)10-12/h6-7,9-10H,4-5,8H2,2H3. The molecule has 0 spiro atoms. The van der Waals surface area contributed by atoms with Crippen LogP contribution in [0.25, 0.3) is 0 Å². The lowest BCUT2D eigenvalue weighted by molar-refractivity contribution is 0.856. The second-order valence-electron chi connectivity index (χ2n) is 3.02. The SMILES string of the molecule is [C]#CCCCc1cccc(C)c1. The van der Waals surface area contributed by atoms with E-state index < -0.39 is 0 Å². The predicted octanol–water partition coefficient (Wildman–Crippen LogP) is 2.91. The third kappa shape index (κ3) is 2.80. The quantitative estimate of drug-likeness (QED) is 0.467. The van der Waals surface area contributed by atoms with Crippen molar-refractivity contribution >= 4 is 0 Å². The Hall–Kier alpha value is -1.22. The fraction of sp³-hybridized carbons (Fsp3) is 0.333. The van der Waals surface area contributed by atoms with Gasteiger partial charge in [-0.15, -0.1) is 0 Å². The number of unbranched alkanes of at least 4 members (excludes halogenated alkanes) is 1. The fourth-order valence-electron chi connectivity index (χ4n) is 1.25. The summed E-state index contributed by atoms with van der Waals surface area (Å²) in [7, 11) is 0. The first-order valence-corrected chi connectivity index (χ1v) is 4.28. The van der Waals surface area contributed by atoms with Gasteiger partial charge in [-0.3, -0.25) is 0 Å². The Morgan fingerprint density at radius 3 is 2.92 bits per heavy atom. The average Bonchev–Trinajstić information content (AvgIpc) is 2.05. The molecule has 0 nitrogen and oxygen atoms in total. The number of benzene rings is 1. The molecule has 61 valence electrons. The molecule has 0 N–H and O–H groups in total. The maximum atomic E-state index is 6.76. The first-order valence-electron chi connectivity index (χ1n) is 4.28. The lowest BCUT2D eigenvalue weighted by atomic mass is 10.1. The molecule has 0 atom stereocenters. The molecule has 1 aromatic carbocycles. The van der Waals surface area contributed by atoms with Gasteiger partial charge in [0.1, 0.15) is 0 Å². The fourth-order valence-corrected chi connectivity index (χ4v) is 1.25. The summed E-state index contributed by atoms with van der Waals surface area (Å²) in [5, 5.41) is 0. The lowest BCUT2D eigenvalue weighted by Gasteiger charge is -1.99. The molecule has 0 bridgehead atoms. The van der Waals surface area contributed by atoms with Crippen molar-refractivity contribution in [3.63, 3.8) is 0 Å². The summed E-state index contributed by atoms with van der Waals surface area (Å²) >= 11 is 0. The minimum Gasteiger partial charge on any atom is -0.0891 e. The molecule has 0 aliphatic heterocycles. The van der Waals surface area contributed by atoms with Crippen LogP contribution in [0.3, 0.4) is 0 Å². The zero-order valence-corrected chi connectivity index (χ0v) is 7.43. The predicted molar refractivity (Wildman–Crippen MR) is 51.2 cm³/mol. The highest BCUT2D eigenvalue weighted by atomic mass is 14.0. The smallest absolute Gasteiger partial charge is 0.0102 e. The minimum absolute atomic E-state index is 0.772. The van der Waals surface area contributed by atoms with Crippen LogP contribution >= 0.6 is 0 Å². The van der Waals surface area contributed by atoms with E-state index in [1.807, 2.05) is 0 Å². The molecule has 1 radical (unpaired) electrons. The summed E-state index contributed by atoms with van der Waals surface area (Å²) in [6.07, 6.45) is 9.63. The molecule has 0 heteroatoms. The van der Waals surface area contributed by atoms with Gasteiger partial charge in [-0.05, 0) is 31.8 Å². The molecule has 0 saturated heterocycles. The number of aryl methyl sites for hydroxylation is 2. The first-order chi connectivity index (χ1) is 5.83. The Morgan fingerprint density at radius 1 is 1.42 bits per heavy atom. The molecule has 0 fully saturated rings. The van der Waals surface area contributed by atoms with Gasteiger partial charge in [0.05, 0.1) is 0 Å². The summed E-state index contributed by atoms with van der Waals surface area (Å²) in [5.41, 5.74) is 2.68. The molecule has 1 aromatic rings. The molecule has 1 rings (SSSR count). The topological polar surface area (TPSA) is 0 Å². The number of hydrogen-bond donors (Lipinski definition) is 0. The van der Waals surface area contributed by atoms with Crippen molar-refractivity contribution in [1.82, 2.24) is 0 Å². The third-order valence-electron chi connectivity index (χ3n) is 1.85. The van der Waals surface area contributed by atoms with Gasteiger partial charge in [0.15, 0.2) is 0 Å². The van der Waals surface area contributed by atoms with Crippen molar-refractivity contribution in [2.75, 3.05) is 0 Å². The van der Waals surface area contributed by atoms with Crippen LogP contribution in [0, 0.1) is 19.3 Å². The zero-order chi connectivity index (χ0) is 8.81. The molecule has 0 saturated carbocycles. The Morgan fingerprint density at radius 2 is 2.25 bits per heavy atom. The second-order valence-corrected chi connectivity index (χ2v) is 3.02. The summed E-state index contributed by atoms with van der Waals surface area (Å²) < 4.78 is 0. The first kappa shape index (κ1) is 8.87. The van der Waals surface area contributed by atoms with E-state index in [-0.39, 0.29) is 0 Å². The van der Waals surface area contributed by atoms with Gasteiger partial charge in [0.2, 0.25) is 0 Å². The van der Waals surface area contributed by atoms with Crippen molar-refractivity contribution in [1.29, 1.82) is 0 Å². The Kier molecular flexibility index (Phi) is 3.41. The summed E-state index contributed by atoms with van der Waals surface area (Å²) in [5.74, 6) is 2.40. The van der Waals surface area contributed by atoms with Gasteiger partial charge in [-0.2, -0.15) is 0 Å². The molecule has 0 aromatic heterocycles. The van der Waals surface area contributed by atoms with Crippen molar-refractivity contribution in [2.45, 2.75) is 26.2 Å². The van der Waals surface area contributed by atoms with Crippen molar-refractivity contribution in [3.8, 4) is 5.92 Å². The van der Waals surface area contributed by atoms with Crippen LogP contribution in [0.2, 0.25) is 0 Å². The van der Waals surface area contributed by atoms with Gasteiger partial charge in [-0.1, -0.05) is 35.7 Å². The van der Waals surface area contributed by atoms with Crippen LogP contribution in [-0.2, 0) is 6.42 Å². The molecule has 0 heterocycles. The second kappa shape index (κ2) is 4.62. The van der Waals surface area contributed by atoms with Gasteiger partial charge in [0.25, 0.3) is 0 Å². The maximum Gasteiger partial charge on any atom is 0.0102 e. The Bertz CT molecular complexity index is 278. The number of rotatable bonds is 3. The van der Waals surface area contributed by atoms with E-state index in [9.17, 15) is 0 Å². The highest BCUT2D eigenvalue weighted by Crippen LogP contribution is 2.07. The molecule has 0 aliphatic carbocycles. The number of hydrogen-bond acceptors (Lipinski definition) is 0. The highest BCUT2D eigenvalue weighted by Gasteiger charge is 1.91. The molecular weight excluding hydrogens is 144 g/mol. The van der Waals surface area contributed by atoms with Crippen LogP contribution in [0.1, 0.15) is 24.0 Å². The summed E-state index contributed by atoms with van der Waals surface area (Å²) in [6.45, 7) is 2.10. The Labute approximate surface area is 74.6 Å². The minimum atomic E-state index is 0.772. The van der Waals surface area contributed by atoms with Crippen LogP contribution in [0.15, 0.2) is 24.3 Å². The third-order valence-corrected chi connectivity index (χ3v) is 1.85. The average molecular weight is 157 g/mol. The van der Waals surface area contributed by atoms with Crippen molar-refractivity contribution in [2.24, 2.45) is 0 Å². The van der Waals surface area contributed by atoms with E-state index in [2.05, 4.69) is 37.1 Å². The summed E-state index contributed by atoms with van der Waals surface area (Å²) in [4.78, 5) is 0. The van der Waals surface area contributed by atoms with E-state index in [1.54, 1.807) is 0 Å². The van der Waals surface area contributed by atoms with Crippen LogP contribution in [-0.4, -0.2) is 0 Å². The van der Waals surface area contributed by atoms with Crippen molar-refractivity contribution in [3.05, 3.63) is 41.8 Å². The molecule has 0 amide bonds. The van der Waals surface area contributed by atoms with E-state index in [0.29, 0.717) is 0 Å². The van der Waals surface area contributed by atoms with Gasteiger partial charge in [-0.25, -0.2) is 0 Å². The van der Waals surface area contributed by atoms with E-state index in [0.717, 1.165) is 19.3 Å². The normalized spacial score (nSPS) is 9.33. The van der Waals surface area contributed by atoms with Crippen LogP contribution < -0.4 is 0 Å². The van der Waals surface area contributed by atoms with Gasteiger partial charge in [0, 0.05) is 6.42 Å². The van der Waals surface area contributed by atoms with Gasteiger partial charge >= 0.3 is 0 Å². The largest absolute Gasteiger partial charge is 0.0891 e. The molecule has 0 unspecified atom stereocenters. The van der Waals surface area contributed by atoms with E-state index >= 15 is 0 Å². The maximum absolute atomic E-state index is 6.76.